The highest BCUT2D eigenvalue weighted by Gasteiger charge is 2.32. The maximum Gasteiger partial charge on any atom is 0.408 e. The van der Waals surface area contributed by atoms with E-state index < -0.39 is 79.1 Å². The third-order valence-electron chi connectivity index (χ3n) is 5.25. The first-order chi connectivity index (χ1) is 16.9. The van der Waals surface area contributed by atoms with Gasteiger partial charge >= 0.3 is 24.0 Å². The van der Waals surface area contributed by atoms with Crippen molar-refractivity contribution >= 4 is 35.8 Å². The Kier molecular flexibility index (Phi) is 12.4. The molecule has 0 radical (unpaired) electrons. The molecule has 13 heteroatoms. The minimum absolute atomic E-state index is 0.0503. The zero-order valence-corrected chi connectivity index (χ0v) is 19.9. The number of hydrogen-bond acceptors (Lipinski definition) is 7. The molecule has 6 N–H and O–H groups in total. The fourth-order valence-corrected chi connectivity index (χ4v) is 3.04. The van der Waals surface area contributed by atoms with E-state index >= 15 is 0 Å². The summed E-state index contributed by atoms with van der Waals surface area (Å²) < 4.78 is 5.14. The van der Waals surface area contributed by atoms with Crippen LogP contribution in [0.25, 0.3) is 0 Å². The zero-order valence-electron chi connectivity index (χ0n) is 19.9. The molecule has 4 atom stereocenters. The van der Waals surface area contributed by atoms with Crippen molar-refractivity contribution in [1.82, 2.24) is 16.0 Å². The normalized spacial score (nSPS) is 13.8. The van der Waals surface area contributed by atoms with Gasteiger partial charge in [-0.05, 0) is 17.9 Å². The van der Waals surface area contributed by atoms with Crippen LogP contribution in [0.15, 0.2) is 30.3 Å². The molecule has 1 aromatic rings. The van der Waals surface area contributed by atoms with Crippen LogP contribution in [0.3, 0.4) is 0 Å². The number of hydrogen-bond donors (Lipinski definition) is 6. The van der Waals surface area contributed by atoms with Crippen molar-refractivity contribution in [2.24, 2.45) is 5.92 Å². The average molecular weight is 510 g/mol. The van der Waals surface area contributed by atoms with Gasteiger partial charge in [0.15, 0.2) is 0 Å². The molecule has 13 nitrogen and oxygen atoms in total. The highest BCUT2D eigenvalue weighted by atomic mass is 16.5. The predicted molar refractivity (Wildman–Crippen MR) is 124 cm³/mol. The summed E-state index contributed by atoms with van der Waals surface area (Å²) in [6.45, 7) is 3.38. The molecule has 0 fully saturated rings. The lowest BCUT2D eigenvalue weighted by atomic mass is 9.97. The number of ether oxygens (including phenoxy) is 1. The van der Waals surface area contributed by atoms with Crippen LogP contribution in [0.5, 0.6) is 0 Å². The Morgan fingerprint density at radius 1 is 0.861 bits per heavy atom. The van der Waals surface area contributed by atoms with Crippen molar-refractivity contribution in [1.29, 1.82) is 0 Å². The van der Waals surface area contributed by atoms with Crippen molar-refractivity contribution in [2.45, 2.75) is 64.3 Å². The van der Waals surface area contributed by atoms with Gasteiger partial charge in [0.1, 0.15) is 24.7 Å². The molecular formula is C23H31N3O10. The Hall–Kier alpha value is -4.16. The molecule has 0 saturated carbocycles. The summed E-state index contributed by atoms with van der Waals surface area (Å²) in [6, 6.07) is 4.35. The molecule has 0 unspecified atom stereocenters. The SMILES string of the molecule is CC[C@H](C)[C@H](NC(=O)OCc1ccccc1)C(=O)N[C@@H](CCC(=O)O)C(=O)N[C@@H](CC(=O)O)C(=O)O. The molecule has 3 amide bonds. The topological polar surface area (TPSA) is 208 Å². The minimum Gasteiger partial charge on any atom is -0.481 e. The fourth-order valence-electron chi connectivity index (χ4n) is 3.04. The van der Waals surface area contributed by atoms with Crippen LogP contribution in [0.4, 0.5) is 4.79 Å². The van der Waals surface area contributed by atoms with E-state index in [9.17, 15) is 28.8 Å². The molecule has 1 rings (SSSR count). The van der Waals surface area contributed by atoms with Gasteiger partial charge in [0.2, 0.25) is 11.8 Å². The van der Waals surface area contributed by atoms with Gasteiger partial charge in [-0.15, -0.1) is 0 Å². The van der Waals surface area contributed by atoms with E-state index in [1.165, 1.54) is 0 Å². The third kappa shape index (κ3) is 10.8. The van der Waals surface area contributed by atoms with Gasteiger partial charge in [-0.25, -0.2) is 9.59 Å². The summed E-state index contributed by atoms with van der Waals surface area (Å²) in [7, 11) is 0. The van der Waals surface area contributed by atoms with E-state index in [1.54, 1.807) is 44.2 Å². The lowest BCUT2D eigenvalue weighted by molar-refractivity contribution is -0.147. The van der Waals surface area contributed by atoms with Gasteiger partial charge in [-0.3, -0.25) is 19.2 Å². The molecule has 0 aromatic heterocycles. The second kappa shape index (κ2) is 15.0. The maximum absolute atomic E-state index is 13.0. The summed E-state index contributed by atoms with van der Waals surface area (Å²) in [5.41, 5.74) is 0.719. The first kappa shape index (κ1) is 29.9. The van der Waals surface area contributed by atoms with E-state index in [0.29, 0.717) is 6.42 Å². The van der Waals surface area contributed by atoms with E-state index in [-0.39, 0.29) is 6.61 Å². The molecule has 0 aliphatic carbocycles. The molecule has 0 saturated heterocycles. The van der Waals surface area contributed by atoms with E-state index in [2.05, 4.69) is 10.6 Å². The highest BCUT2D eigenvalue weighted by molar-refractivity contribution is 5.94. The van der Waals surface area contributed by atoms with Crippen LogP contribution in [-0.4, -0.2) is 69.3 Å². The number of benzene rings is 1. The van der Waals surface area contributed by atoms with Crippen molar-refractivity contribution in [3.63, 3.8) is 0 Å². The van der Waals surface area contributed by atoms with Crippen LogP contribution in [-0.2, 0) is 35.3 Å². The quantitative estimate of drug-likeness (QED) is 0.195. The fraction of sp³-hybridized carbons (Fsp3) is 0.478. The summed E-state index contributed by atoms with van der Waals surface area (Å²) in [5, 5.41) is 33.8. The van der Waals surface area contributed by atoms with E-state index in [0.717, 1.165) is 5.56 Å². The van der Waals surface area contributed by atoms with Gasteiger partial charge in [-0.2, -0.15) is 0 Å². The first-order valence-electron chi connectivity index (χ1n) is 11.2. The van der Waals surface area contributed by atoms with Crippen LogP contribution in [0, 0.1) is 5.92 Å². The molecule has 0 heterocycles. The molecule has 36 heavy (non-hydrogen) atoms. The standard InChI is InChI=1S/C23H31N3O10/c1-3-13(2)19(26-23(35)36-12-14-7-5-4-6-8-14)21(32)24-15(9-10-17(27)28)20(31)25-16(22(33)34)11-18(29)30/h4-8,13,15-16,19H,3,9-12H2,1-2H3,(H,24,32)(H,25,31)(H,26,35)(H,27,28)(H,29,30)(H,33,34)/t13-,15-,16-,19-/m0/s1. The number of carboxylic acid groups (broad SMARTS) is 3. The van der Waals surface area contributed by atoms with Gasteiger partial charge in [0, 0.05) is 6.42 Å². The Morgan fingerprint density at radius 2 is 1.47 bits per heavy atom. The number of alkyl carbamates (subject to hydrolysis) is 1. The maximum atomic E-state index is 13.0. The highest BCUT2D eigenvalue weighted by Crippen LogP contribution is 2.11. The monoisotopic (exact) mass is 509 g/mol. The Balaban J connectivity index is 2.95. The van der Waals surface area contributed by atoms with Crippen LogP contribution < -0.4 is 16.0 Å². The molecule has 0 aliphatic heterocycles. The van der Waals surface area contributed by atoms with Gasteiger partial charge in [0.05, 0.1) is 6.42 Å². The Morgan fingerprint density at radius 3 is 2.00 bits per heavy atom. The molecule has 0 bridgehead atoms. The number of rotatable bonds is 15. The summed E-state index contributed by atoms with van der Waals surface area (Å²) >= 11 is 0. The molecule has 0 aliphatic rings. The number of nitrogens with one attached hydrogen (secondary N) is 3. The second-order valence-electron chi connectivity index (χ2n) is 8.06. The van der Waals surface area contributed by atoms with E-state index in [1.807, 2.05) is 5.32 Å². The smallest absolute Gasteiger partial charge is 0.408 e. The number of carboxylic acids is 3. The molecule has 0 spiro atoms. The predicted octanol–water partition coefficient (Wildman–Crippen LogP) is 0.721. The first-order valence-corrected chi connectivity index (χ1v) is 11.2. The second-order valence-corrected chi connectivity index (χ2v) is 8.06. The number of carbonyl (C=O) groups excluding carboxylic acids is 3. The minimum atomic E-state index is -1.80. The van der Waals surface area contributed by atoms with E-state index in [4.69, 9.17) is 20.1 Å². The summed E-state index contributed by atoms with van der Waals surface area (Å²) in [4.78, 5) is 71.1. The average Bonchev–Trinajstić information content (AvgIpc) is 2.82. The number of carbonyl (C=O) groups is 6. The third-order valence-corrected chi connectivity index (χ3v) is 5.25. The Bertz CT molecular complexity index is 937. The van der Waals surface area contributed by atoms with Crippen LogP contribution in [0.1, 0.15) is 45.1 Å². The van der Waals surface area contributed by atoms with Gasteiger partial charge < -0.3 is 36.0 Å². The lowest BCUT2D eigenvalue weighted by Crippen LogP contribution is -2.57. The van der Waals surface area contributed by atoms with Crippen molar-refractivity contribution in [2.75, 3.05) is 0 Å². The largest absolute Gasteiger partial charge is 0.481 e. The Labute approximate surface area is 207 Å². The summed E-state index contributed by atoms with van der Waals surface area (Å²) in [5.74, 6) is -6.69. The molecule has 198 valence electrons. The van der Waals surface area contributed by atoms with Crippen molar-refractivity contribution in [3.8, 4) is 0 Å². The molecular weight excluding hydrogens is 478 g/mol. The van der Waals surface area contributed by atoms with Crippen LogP contribution in [0.2, 0.25) is 0 Å². The summed E-state index contributed by atoms with van der Waals surface area (Å²) in [6.07, 6.45) is -2.32. The number of amides is 3. The van der Waals surface area contributed by atoms with Crippen molar-refractivity contribution < 1.29 is 48.8 Å². The van der Waals surface area contributed by atoms with Crippen molar-refractivity contribution in [3.05, 3.63) is 35.9 Å². The van der Waals surface area contributed by atoms with Gasteiger partial charge in [-0.1, -0.05) is 50.6 Å². The number of aliphatic carboxylic acids is 3. The molecule has 1 aromatic carbocycles. The van der Waals surface area contributed by atoms with Crippen LogP contribution >= 0.6 is 0 Å². The van der Waals surface area contributed by atoms with Gasteiger partial charge in [0.25, 0.3) is 0 Å². The lowest BCUT2D eigenvalue weighted by Gasteiger charge is -2.26. The zero-order chi connectivity index (χ0) is 27.3.